The van der Waals surface area contributed by atoms with E-state index in [-0.39, 0.29) is 21.7 Å². The molecule has 0 saturated heterocycles. The van der Waals surface area contributed by atoms with Crippen molar-refractivity contribution in [1.29, 1.82) is 0 Å². The molecule has 0 spiro atoms. The van der Waals surface area contributed by atoms with Crippen LogP contribution < -0.4 is 0 Å². The van der Waals surface area contributed by atoms with Crippen LogP contribution in [0.1, 0.15) is 105 Å². The van der Waals surface area contributed by atoms with E-state index in [4.69, 9.17) is 18.8 Å². The van der Waals surface area contributed by atoms with Crippen molar-refractivity contribution in [1.82, 2.24) is 9.97 Å². The van der Waals surface area contributed by atoms with E-state index < -0.39 is 0 Å². The molecule has 0 fully saturated rings. The van der Waals surface area contributed by atoms with Gasteiger partial charge in [-0.05, 0) is 67.8 Å². The van der Waals surface area contributed by atoms with Gasteiger partial charge in [-0.15, -0.1) is 0 Å². The maximum Gasteiger partial charge on any atom is 0.227 e. The highest BCUT2D eigenvalue weighted by Crippen LogP contribution is 2.42. The Hall–Kier alpha value is -3.92. The van der Waals surface area contributed by atoms with Crippen LogP contribution in [0.4, 0.5) is 0 Å². The lowest BCUT2D eigenvalue weighted by Gasteiger charge is -2.24. The van der Waals surface area contributed by atoms with Crippen LogP contribution in [0.25, 0.3) is 55.9 Å². The Kier molecular flexibility index (Phi) is 6.70. The molecule has 4 nitrogen and oxygen atoms in total. The second-order valence-corrected chi connectivity index (χ2v) is 16.5. The van der Waals surface area contributed by atoms with Crippen LogP contribution in [0.15, 0.2) is 69.5 Å². The first-order valence-corrected chi connectivity index (χ1v) is 15.8. The van der Waals surface area contributed by atoms with Crippen LogP contribution in [0.5, 0.6) is 0 Å². The summed E-state index contributed by atoms with van der Waals surface area (Å²) in [7, 11) is 0. The Morgan fingerprint density at radius 1 is 0.455 bits per heavy atom. The third kappa shape index (κ3) is 5.23. The fourth-order valence-electron chi connectivity index (χ4n) is 5.95. The highest BCUT2D eigenvalue weighted by molar-refractivity contribution is 6.04. The highest BCUT2D eigenvalue weighted by Gasteiger charge is 2.28. The molecule has 0 atom stereocenters. The summed E-state index contributed by atoms with van der Waals surface area (Å²) in [5.41, 5.74) is 10.1. The Morgan fingerprint density at radius 3 is 1.14 bits per heavy atom. The molecular formula is C40H46N2O2. The average Bonchev–Trinajstić information content (AvgIpc) is 3.53. The molecule has 2 heterocycles. The van der Waals surface area contributed by atoms with Gasteiger partial charge in [-0.25, -0.2) is 9.97 Å². The maximum atomic E-state index is 6.63. The molecule has 0 unspecified atom stereocenters. The van der Waals surface area contributed by atoms with Gasteiger partial charge >= 0.3 is 0 Å². The molecule has 4 aromatic carbocycles. The zero-order chi connectivity index (χ0) is 32.0. The van der Waals surface area contributed by atoms with Crippen LogP contribution in [0.3, 0.4) is 0 Å². The minimum absolute atomic E-state index is 0.00172. The summed E-state index contributed by atoms with van der Waals surface area (Å²) < 4.78 is 13.3. The standard InChI is InChI=1S/C40H46N2O2/c1-37(2,3)23-19-29(39(7,8)9)33-31(21-23)41-35(43-33)27-17-18-28(26-16-14-13-15-25(26)27)36-42-32-22-24(38(4,5)6)20-30(34(32)44-36)40(10,11)12/h13-22H,1-12H3. The van der Waals surface area contributed by atoms with E-state index in [1.54, 1.807) is 0 Å². The smallest absolute Gasteiger partial charge is 0.227 e. The van der Waals surface area contributed by atoms with Gasteiger partial charge in [0.2, 0.25) is 11.8 Å². The highest BCUT2D eigenvalue weighted by atomic mass is 16.4. The predicted octanol–water partition coefficient (Wildman–Crippen LogP) is 11.6. The van der Waals surface area contributed by atoms with Gasteiger partial charge < -0.3 is 8.83 Å². The van der Waals surface area contributed by atoms with E-state index in [9.17, 15) is 0 Å². The average molecular weight is 587 g/mol. The van der Waals surface area contributed by atoms with Crippen LogP contribution in [-0.4, -0.2) is 9.97 Å². The van der Waals surface area contributed by atoms with Gasteiger partial charge in [-0.3, -0.25) is 0 Å². The minimum atomic E-state index is -0.0893. The van der Waals surface area contributed by atoms with Crippen molar-refractivity contribution in [3.63, 3.8) is 0 Å². The first kappa shape index (κ1) is 30.1. The zero-order valence-corrected chi connectivity index (χ0v) is 28.5. The number of rotatable bonds is 2. The van der Waals surface area contributed by atoms with Crippen molar-refractivity contribution in [2.75, 3.05) is 0 Å². The summed E-state index contributed by atoms with van der Waals surface area (Å²) >= 11 is 0. The van der Waals surface area contributed by atoms with Crippen molar-refractivity contribution < 1.29 is 8.83 Å². The minimum Gasteiger partial charge on any atom is -0.436 e. The van der Waals surface area contributed by atoms with Crippen molar-refractivity contribution in [2.45, 2.75) is 105 Å². The Labute approximate surface area is 261 Å². The molecule has 0 N–H and O–H groups in total. The number of nitrogens with zero attached hydrogens (tertiary/aromatic N) is 2. The molecule has 0 radical (unpaired) electrons. The van der Waals surface area contributed by atoms with Gasteiger partial charge in [0.1, 0.15) is 11.0 Å². The first-order valence-electron chi connectivity index (χ1n) is 15.8. The number of aromatic nitrogens is 2. The molecule has 6 rings (SSSR count). The van der Waals surface area contributed by atoms with E-state index in [2.05, 4.69) is 144 Å². The maximum absolute atomic E-state index is 6.63. The Bertz CT molecular complexity index is 1900. The van der Waals surface area contributed by atoms with Crippen molar-refractivity contribution in [3.8, 4) is 22.9 Å². The van der Waals surface area contributed by atoms with E-state index in [1.165, 1.54) is 22.3 Å². The molecule has 0 aliphatic rings. The zero-order valence-electron chi connectivity index (χ0n) is 28.5. The summed E-state index contributed by atoms with van der Waals surface area (Å²) in [6, 6.07) is 21.6. The van der Waals surface area contributed by atoms with E-state index >= 15 is 0 Å². The summed E-state index contributed by atoms with van der Waals surface area (Å²) in [6.07, 6.45) is 0. The van der Waals surface area contributed by atoms with E-state index in [0.29, 0.717) is 11.8 Å². The van der Waals surface area contributed by atoms with Crippen LogP contribution in [0, 0.1) is 0 Å². The molecule has 0 aliphatic heterocycles. The second kappa shape index (κ2) is 9.79. The molecule has 2 aromatic heterocycles. The summed E-state index contributed by atoms with van der Waals surface area (Å²) in [5.74, 6) is 1.25. The van der Waals surface area contributed by atoms with E-state index in [1.807, 2.05) is 0 Å². The fraction of sp³-hybridized carbons (Fsp3) is 0.400. The number of fused-ring (bicyclic) bond motifs is 3. The Morgan fingerprint density at radius 2 is 0.818 bits per heavy atom. The molecule has 0 bridgehead atoms. The van der Waals surface area contributed by atoms with Gasteiger partial charge in [0.15, 0.2) is 11.2 Å². The summed E-state index contributed by atoms with van der Waals surface area (Å²) in [4.78, 5) is 10.2. The fourth-order valence-corrected chi connectivity index (χ4v) is 5.95. The second-order valence-electron chi connectivity index (χ2n) is 16.5. The van der Waals surface area contributed by atoms with Crippen molar-refractivity contribution >= 4 is 33.0 Å². The van der Waals surface area contributed by atoms with Crippen LogP contribution in [-0.2, 0) is 21.7 Å². The lowest BCUT2D eigenvalue weighted by atomic mass is 9.80. The monoisotopic (exact) mass is 586 g/mol. The quantitative estimate of drug-likeness (QED) is 0.202. The van der Waals surface area contributed by atoms with Crippen molar-refractivity contribution in [3.05, 3.63) is 82.9 Å². The van der Waals surface area contributed by atoms with Crippen LogP contribution in [0.2, 0.25) is 0 Å². The normalized spacial score (nSPS) is 13.5. The van der Waals surface area contributed by atoms with Gasteiger partial charge in [-0.1, -0.05) is 119 Å². The molecule has 0 saturated carbocycles. The van der Waals surface area contributed by atoms with Gasteiger partial charge in [0, 0.05) is 22.3 Å². The molecular weight excluding hydrogens is 540 g/mol. The SMILES string of the molecule is CC(C)(C)c1cc(C(C)(C)C)c2oc(-c3ccc(-c4nc5cc(C(C)(C)C)cc(C(C)(C)C)c5o4)c4ccccc34)nc2c1. The largest absolute Gasteiger partial charge is 0.436 e. The van der Waals surface area contributed by atoms with Crippen LogP contribution >= 0.6 is 0 Å². The summed E-state index contributed by atoms with van der Waals surface area (Å²) in [5, 5.41) is 2.11. The number of hydrogen-bond acceptors (Lipinski definition) is 4. The molecule has 228 valence electrons. The number of hydrogen-bond donors (Lipinski definition) is 0. The first-order chi connectivity index (χ1) is 20.3. The Balaban J connectivity index is 1.56. The molecule has 4 heteroatoms. The third-order valence-corrected chi connectivity index (χ3v) is 8.71. The van der Waals surface area contributed by atoms with Gasteiger partial charge in [0.05, 0.1) is 0 Å². The van der Waals surface area contributed by atoms with Gasteiger partial charge in [-0.2, -0.15) is 0 Å². The molecule has 44 heavy (non-hydrogen) atoms. The lowest BCUT2D eigenvalue weighted by Crippen LogP contribution is -2.16. The number of oxazole rings is 2. The van der Waals surface area contributed by atoms with Gasteiger partial charge in [0.25, 0.3) is 0 Å². The number of benzene rings is 4. The third-order valence-electron chi connectivity index (χ3n) is 8.71. The van der Waals surface area contributed by atoms with E-state index in [0.717, 1.165) is 44.1 Å². The molecule has 6 aromatic rings. The molecule has 0 amide bonds. The topological polar surface area (TPSA) is 52.1 Å². The predicted molar refractivity (Wildman–Crippen MR) is 185 cm³/mol. The summed E-state index contributed by atoms with van der Waals surface area (Å²) in [6.45, 7) is 26.9. The lowest BCUT2D eigenvalue weighted by molar-refractivity contribution is 0.551. The van der Waals surface area contributed by atoms with Crippen molar-refractivity contribution in [2.24, 2.45) is 0 Å². The molecule has 0 aliphatic carbocycles.